The van der Waals surface area contributed by atoms with Crippen molar-refractivity contribution in [2.45, 2.75) is 160 Å². The third kappa shape index (κ3) is 11.1. The zero-order chi connectivity index (χ0) is 67.4. The molecule has 0 aliphatic heterocycles. The Morgan fingerprint density at radius 2 is 0.750 bits per heavy atom. The molecule has 6 saturated carbocycles. The molecule has 15 rings (SSSR count). The number of aromatic nitrogens is 3. The lowest BCUT2D eigenvalue weighted by Crippen LogP contribution is -2.33. The zero-order valence-corrected chi connectivity index (χ0v) is 58.4. The van der Waals surface area contributed by atoms with Gasteiger partial charge >= 0.3 is 0 Å². The number of aryl methyl sites for hydroxylation is 6. The first-order valence-electron chi connectivity index (χ1n) is 36.5. The standard InChI is InChI=1S/2C30H36N.C29H34N/c2*1-21-8-6-7-9-27(21)28-15-14-24(20-31(28)5)23-12-10-22(11-13-23)18-26-19-25-16-17-30(26,4)29(25,2)3;1-20-9-6-7-12-25(20)27-14-13-23(19-30(27)5)21-10-8-11-22(17-21)26-18-24-15-16-29(26,4)28(24,2)3/h2*6-15,20,25-26H,16-19H2,1-5H3;6-14,17,19,24,26H,15-16,18H2,1-5H3/q3*+1/i18D2;;26D. The van der Waals surface area contributed by atoms with Crippen LogP contribution in [0.3, 0.4) is 0 Å². The molecule has 474 valence electrons. The molecule has 3 nitrogen and oxygen atoms in total. The lowest BCUT2D eigenvalue weighted by atomic mass is 9.65. The molecule has 6 fully saturated rings. The minimum absolute atomic E-state index is 0.0304. The van der Waals surface area contributed by atoms with E-state index < -0.39 is 12.3 Å². The maximum Gasteiger partial charge on any atom is 0.212 e. The van der Waals surface area contributed by atoms with Gasteiger partial charge in [-0.05, 0) is 246 Å². The van der Waals surface area contributed by atoms with Crippen LogP contribution < -0.4 is 13.7 Å². The number of nitrogens with zero attached hydrogens (tertiary/aromatic N) is 3. The Hall–Kier alpha value is -7.23. The molecule has 0 spiro atoms. The van der Waals surface area contributed by atoms with Gasteiger partial charge in [0, 0.05) is 55.7 Å². The van der Waals surface area contributed by atoms with E-state index in [1.54, 1.807) is 0 Å². The topological polar surface area (TPSA) is 11.6 Å². The van der Waals surface area contributed by atoms with E-state index in [0.717, 1.165) is 47.8 Å². The molecule has 6 aromatic carbocycles. The third-order valence-corrected chi connectivity index (χ3v) is 26.9. The summed E-state index contributed by atoms with van der Waals surface area (Å²) in [6.45, 7) is 28.3. The van der Waals surface area contributed by atoms with E-state index in [2.05, 4.69) is 306 Å². The van der Waals surface area contributed by atoms with Gasteiger partial charge in [-0.15, -0.1) is 0 Å². The lowest BCUT2D eigenvalue weighted by molar-refractivity contribution is -0.660. The second-order valence-electron chi connectivity index (χ2n) is 31.8. The first kappa shape index (κ1) is 59.8. The molecule has 3 heterocycles. The fraction of sp³-hybridized carbons (Fsp3) is 0.427. The Morgan fingerprint density at radius 3 is 1.12 bits per heavy atom. The minimum atomic E-state index is -1.31. The molecule has 0 N–H and O–H groups in total. The average Bonchev–Trinajstić information content (AvgIpc) is 1.55. The summed E-state index contributed by atoms with van der Waals surface area (Å²) >= 11 is 0. The Balaban J connectivity index is 0.000000129. The van der Waals surface area contributed by atoms with Crippen LogP contribution in [-0.4, -0.2) is 0 Å². The van der Waals surface area contributed by atoms with Gasteiger partial charge in [-0.25, -0.2) is 13.7 Å². The number of fused-ring (bicyclic) bond motifs is 6. The van der Waals surface area contributed by atoms with Crippen molar-refractivity contribution >= 4 is 0 Å². The zero-order valence-electron chi connectivity index (χ0n) is 61.4. The molecule has 6 bridgehead atoms. The maximum absolute atomic E-state index is 9.63. The number of benzene rings is 6. The first-order chi connectivity index (χ1) is 45.0. The fourth-order valence-corrected chi connectivity index (χ4v) is 19.2. The van der Waals surface area contributed by atoms with Gasteiger partial charge in [0.25, 0.3) is 0 Å². The van der Waals surface area contributed by atoms with E-state index in [1.165, 1.54) is 129 Å². The molecule has 9 aromatic rings. The summed E-state index contributed by atoms with van der Waals surface area (Å²) in [5, 5.41) is 0. The first-order valence-corrected chi connectivity index (χ1v) is 35.0. The molecule has 0 radical (unpaired) electrons. The SMILES string of the molecule is Cc1ccccc1-c1ccc(-c2ccc(CC3CC4CCC3(C)C4(C)C)cc2)c[n+]1C.[2H]C([2H])(c1ccc(-c2ccc(-c3ccccc3C)[n+](C)c2)cc1)C1CC2CCC1(C)C2(C)C.[2H]C1(c2cccc(-c3ccc(-c4ccccc4C)[n+](C)c3)c2)CC2CCC1(C)C2(C)C. The van der Waals surface area contributed by atoms with Crippen molar-refractivity contribution < 1.29 is 17.8 Å². The van der Waals surface area contributed by atoms with Crippen molar-refractivity contribution in [3.63, 3.8) is 0 Å². The molecule has 9 unspecified atom stereocenters. The molecule has 0 amide bonds. The molecule has 9 atom stereocenters. The van der Waals surface area contributed by atoms with Gasteiger partial charge in [-0.2, -0.15) is 0 Å². The smallest absolute Gasteiger partial charge is 0.200 e. The number of hydrogen-bond acceptors (Lipinski definition) is 0. The van der Waals surface area contributed by atoms with E-state index in [1.807, 2.05) is 12.1 Å². The molecular formula is C89H106N3+3. The quantitative estimate of drug-likeness (QED) is 0.114. The van der Waals surface area contributed by atoms with Gasteiger partial charge in [0.15, 0.2) is 18.6 Å². The highest BCUT2D eigenvalue weighted by molar-refractivity contribution is 5.69. The van der Waals surface area contributed by atoms with Gasteiger partial charge in [0.2, 0.25) is 17.1 Å². The highest BCUT2D eigenvalue weighted by Gasteiger charge is 2.63. The van der Waals surface area contributed by atoms with Gasteiger partial charge < -0.3 is 0 Å². The number of rotatable bonds is 11. The van der Waals surface area contributed by atoms with Gasteiger partial charge in [-0.3, -0.25) is 0 Å². The van der Waals surface area contributed by atoms with Crippen molar-refractivity contribution in [3.05, 3.63) is 234 Å². The van der Waals surface area contributed by atoms with Crippen LogP contribution in [0.15, 0.2) is 201 Å². The van der Waals surface area contributed by atoms with Crippen molar-refractivity contribution in [2.75, 3.05) is 0 Å². The average molecular weight is 1220 g/mol. The van der Waals surface area contributed by atoms with Crippen molar-refractivity contribution in [1.29, 1.82) is 0 Å². The van der Waals surface area contributed by atoms with E-state index in [-0.39, 0.29) is 27.6 Å². The normalized spacial score (nSPS) is 27.9. The monoisotopic (exact) mass is 1220 g/mol. The maximum atomic E-state index is 9.63. The Labute approximate surface area is 558 Å². The highest BCUT2D eigenvalue weighted by atomic mass is 14.9. The second-order valence-corrected chi connectivity index (χ2v) is 31.8. The van der Waals surface area contributed by atoms with Crippen LogP contribution in [0.4, 0.5) is 0 Å². The predicted molar refractivity (Wildman–Crippen MR) is 384 cm³/mol. The van der Waals surface area contributed by atoms with Crippen LogP contribution >= 0.6 is 0 Å². The molecule has 6 aliphatic rings. The van der Waals surface area contributed by atoms with E-state index in [9.17, 15) is 1.37 Å². The van der Waals surface area contributed by atoms with Crippen LogP contribution in [0.25, 0.3) is 67.2 Å². The van der Waals surface area contributed by atoms with E-state index >= 15 is 0 Å². The number of pyridine rings is 3. The summed E-state index contributed by atoms with van der Waals surface area (Å²) in [4.78, 5) is 0. The van der Waals surface area contributed by atoms with Gasteiger partial charge in [0.1, 0.15) is 21.1 Å². The van der Waals surface area contributed by atoms with Crippen LogP contribution in [0, 0.1) is 82.9 Å². The van der Waals surface area contributed by atoms with Crippen LogP contribution in [0.2, 0.25) is 0 Å². The Bertz CT molecular complexity index is 4350. The second kappa shape index (κ2) is 24.3. The molecule has 6 aliphatic carbocycles. The largest absolute Gasteiger partial charge is 0.212 e. The van der Waals surface area contributed by atoms with Gasteiger partial charge in [0.05, 0.1) is 0 Å². The third-order valence-electron chi connectivity index (χ3n) is 26.9. The summed E-state index contributed by atoms with van der Waals surface area (Å²) in [6.07, 6.45) is 17.7. The summed E-state index contributed by atoms with van der Waals surface area (Å²) in [5.41, 5.74) is 23.7. The molecule has 92 heavy (non-hydrogen) atoms. The summed E-state index contributed by atoms with van der Waals surface area (Å²) in [6, 6.07) is 65.4. The van der Waals surface area contributed by atoms with Crippen molar-refractivity contribution in [3.8, 4) is 67.2 Å². The highest BCUT2D eigenvalue weighted by Crippen LogP contribution is 2.72. The number of hydrogen-bond donors (Lipinski definition) is 0. The van der Waals surface area contributed by atoms with Crippen LogP contribution in [0.5, 0.6) is 0 Å². The Kier molecular flexibility index (Phi) is 15.8. The van der Waals surface area contributed by atoms with E-state index in [4.69, 9.17) is 2.74 Å². The van der Waals surface area contributed by atoms with Gasteiger partial charge in [-0.1, -0.05) is 190 Å². The van der Waals surface area contributed by atoms with Crippen molar-refractivity contribution in [2.24, 2.45) is 83.2 Å². The minimum Gasteiger partial charge on any atom is -0.200 e. The lowest BCUT2D eigenvalue weighted by Gasteiger charge is -2.39. The van der Waals surface area contributed by atoms with Crippen LogP contribution in [0.1, 0.15) is 163 Å². The van der Waals surface area contributed by atoms with E-state index in [0.29, 0.717) is 22.7 Å². The predicted octanol–water partition coefficient (Wildman–Crippen LogP) is 21.4. The van der Waals surface area contributed by atoms with Crippen molar-refractivity contribution in [1.82, 2.24) is 0 Å². The fourth-order valence-electron chi connectivity index (χ4n) is 19.2. The summed E-state index contributed by atoms with van der Waals surface area (Å²) in [5.74, 6) is 2.64. The van der Waals surface area contributed by atoms with Crippen LogP contribution in [-0.2, 0) is 33.9 Å². The molecular weight excluding hydrogens is 1110 g/mol. The molecule has 0 saturated heterocycles. The molecule has 3 heteroatoms. The molecule has 3 aromatic heterocycles. The Morgan fingerprint density at radius 1 is 0.380 bits per heavy atom. The summed E-state index contributed by atoms with van der Waals surface area (Å²) < 4.78 is 34.6. The summed E-state index contributed by atoms with van der Waals surface area (Å²) in [7, 11) is 6.37.